The Morgan fingerprint density at radius 1 is 1.29 bits per heavy atom. The fraction of sp³-hybridized carbons (Fsp3) is 0.667. The van der Waals surface area contributed by atoms with Crippen LogP contribution in [-0.2, 0) is 11.3 Å². The van der Waals surface area contributed by atoms with Crippen LogP contribution in [0.1, 0.15) is 29.4 Å². The molecule has 0 spiro atoms. The van der Waals surface area contributed by atoms with E-state index in [9.17, 15) is 4.79 Å². The number of pyridine rings is 1. The summed E-state index contributed by atoms with van der Waals surface area (Å²) in [6, 6.07) is 4.53. The van der Waals surface area contributed by atoms with Crippen molar-refractivity contribution >= 4 is 5.91 Å². The second kappa shape index (κ2) is 7.59. The summed E-state index contributed by atoms with van der Waals surface area (Å²) in [7, 11) is 4.02. The summed E-state index contributed by atoms with van der Waals surface area (Å²) < 4.78 is 5.44. The van der Waals surface area contributed by atoms with Gasteiger partial charge >= 0.3 is 0 Å². The van der Waals surface area contributed by atoms with Gasteiger partial charge in [0.1, 0.15) is 0 Å². The molecule has 0 saturated carbocycles. The van der Waals surface area contributed by atoms with Crippen LogP contribution in [0.15, 0.2) is 18.3 Å². The fourth-order valence-corrected chi connectivity index (χ4v) is 3.74. The highest BCUT2D eigenvalue weighted by Gasteiger charge is 2.37. The summed E-state index contributed by atoms with van der Waals surface area (Å²) in [5.74, 6) is 0.0992. The van der Waals surface area contributed by atoms with E-state index in [4.69, 9.17) is 4.74 Å². The Hall–Kier alpha value is -1.50. The molecule has 2 saturated heterocycles. The largest absolute Gasteiger partial charge is 0.379 e. The van der Waals surface area contributed by atoms with Crippen molar-refractivity contribution in [3.05, 3.63) is 29.6 Å². The average molecular weight is 332 g/mol. The lowest BCUT2D eigenvalue weighted by Gasteiger charge is -2.35. The molecule has 24 heavy (non-hydrogen) atoms. The van der Waals surface area contributed by atoms with Crippen LogP contribution in [0.2, 0.25) is 0 Å². The fourth-order valence-electron chi connectivity index (χ4n) is 3.74. The minimum Gasteiger partial charge on any atom is -0.379 e. The Labute approximate surface area is 144 Å². The number of hydrogen-bond donors (Lipinski definition) is 0. The molecule has 2 fully saturated rings. The van der Waals surface area contributed by atoms with Gasteiger partial charge in [0.05, 0.1) is 24.5 Å². The number of amides is 1. The molecule has 6 heteroatoms. The van der Waals surface area contributed by atoms with E-state index in [1.54, 1.807) is 6.20 Å². The number of rotatable bonds is 4. The molecule has 6 nitrogen and oxygen atoms in total. The van der Waals surface area contributed by atoms with Gasteiger partial charge in [-0.2, -0.15) is 0 Å². The Kier molecular flexibility index (Phi) is 5.48. The molecule has 1 aromatic rings. The van der Waals surface area contributed by atoms with Gasteiger partial charge in [0.15, 0.2) is 0 Å². The summed E-state index contributed by atoms with van der Waals surface area (Å²) in [6.07, 6.45) is 2.76. The van der Waals surface area contributed by atoms with E-state index in [0.717, 1.165) is 51.5 Å². The number of aromatic nitrogens is 1. The van der Waals surface area contributed by atoms with Crippen molar-refractivity contribution in [2.45, 2.75) is 32.0 Å². The predicted octanol–water partition coefficient (Wildman–Crippen LogP) is 1.08. The Morgan fingerprint density at radius 2 is 2.04 bits per heavy atom. The van der Waals surface area contributed by atoms with Gasteiger partial charge in [-0.1, -0.05) is 0 Å². The van der Waals surface area contributed by atoms with Gasteiger partial charge in [-0.3, -0.25) is 14.7 Å². The second-order valence-corrected chi connectivity index (χ2v) is 7.02. The first-order chi connectivity index (χ1) is 11.6. The zero-order chi connectivity index (χ0) is 17.1. The van der Waals surface area contributed by atoms with Gasteiger partial charge in [-0.15, -0.1) is 0 Å². The van der Waals surface area contributed by atoms with Crippen LogP contribution in [0.3, 0.4) is 0 Å². The molecule has 1 aromatic heterocycles. The maximum atomic E-state index is 12.9. The third-order valence-corrected chi connectivity index (χ3v) is 5.04. The van der Waals surface area contributed by atoms with Crippen molar-refractivity contribution in [2.75, 3.05) is 46.9 Å². The van der Waals surface area contributed by atoms with Gasteiger partial charge in [0.25, 0.3) is 5.91 Å². The first-order valence-electron chi connectivity index (χ1n) is 8.78. The number of ether oxygens (including phenoxy) is 1. The summed E-state index contributed by atoms with van der Waals surface area (Å²) in [6.45, 7) is 7.31. The molecule has 0 N–H and O–H groups in total. The average Bonchev–Trinajstić information content (AvgIpc) is 2.97. The summed E-state index contributed by atoms with van der Waals surface area (Å²) >= 11 is 0. The van der Waals surface area contributed by atoms with Crippen LogP contribution >= 0.6 is 0 Å². The molecule has 0 aromatic carbocycles. The zero-order valence-electron chi connectivity index (χ0n) is 14.9. The topological polar surface area (TPSA) is 48.9 Å². The number of morpholine rings is 1. The molecular weight excluding hydrogens is 304 g/mol. The third kappa shape index (κ3) is 3.77. The van der Waals surface area contributed by atoms with Crippen molar-refractivity contribution in [1.29, 1.82) is 0 Å². The third-order valence-electron chi connectivity index (χ3n) is 5.04. The van der Waals surface area contributed by atoms with E-state index in [1.165, 1.54) is 0 Å². The molecule has 132 valence electrons. The van der Waals surface area contributed by atoms with E-state index in [1.807, 2.05) is 31.1 Å². The van der Waals surface area contributed by atoms with Crippen LogP contribution < -0.4 is 0 Å². The number of nitrogens with zero attached hydrogens (tertiary/aromatic N) is 4. The molecule has 3 rings (SSSR count). The standard InChI is InChI=1S/C18H28N4O2/c1-14-17(21-8-10-24-11-9-21)6-7-22(14)18(23)15-4-5-16(19-12-15)13-20(2)3/h4-5,12,14,17H,6-11,13H2,1-3H3/t14-,17-/m1/s1. The Balaban J connectivity index is 1.64. The van der Waals surface area contributed by atoms with Crippen LogP contribution in [0.4, 0.5) is 0 Å². The first kappa shape index (κ1) is 17.3. The van der Waals surface area contributed by atoms with Crippen LogP contribution in [0.25, 0.3) is 0 Å². The van der Waals surface area contributed by atoms with Crippen LogP contribution in [-0.4, -0.2) is 84.6 Å². The van der Waals surface area contributed by atoms with Gasteiger partial charge in [-0.25, -0.2) is 0 Å². The van der Waals surface area contributed by atoms with Crippen LogP contribution in [0.5, 0.6) is 0 Å². The highest BCUT2D eigenvalue weighted by molar-refractivity contribution is 5.94. The lowest BCUT2D eigenvalue weighted by atomic mass is 10.1. The van der Waals surface area contributed by atoms with E-state index in [2.05, 4.69) is 21.7 Å². The SMILES string of the molecule is C[C@@H]1[C@H](N2CCOCC2)CCN1C(=O)c1ccc(CN(C)C)nc1. The monoisotopic (exact) mass is 332 g/mol. The molecule has 2 atom stereocenters. The number of likely N-dealkylation sites (tertiary alicyclic amines) is 1. The van der Waals surface area contributed by atoms with E-state index in [0.29, 0.717) is 11.6 Å². The van der Waals surface area contributed by atoms with Crippen molar-refractivity contribution < 1.29 is 9.53 Å². The second-order valence-electron chi connectivity index (χ2n) is 7.02. The van der Waals surface area contributed by atoms with Crippen molar-refractivity contribution in [3.63, 3.8) is 0 Å². The minimum absolute atomic E-state index is 0.0992. The number of hydrogen-bond acceptors (Lipinski definition) is 5. The summed E-state index contributed by atoms with van der Waals surface area (Å²) in [5.41, 5.74) is 1.67. The Morgan fingerprint density at radius 3 is 2.67 bits per heavy atom. The van der Waals surface area contributed by atoms with Crippen molar-refractivity contribution in [3.8, 4) is 0 Å². The van der Waals surface area contributed by atoms with Gasteiger partial charge in [0.2, 0.25) is 0 Å². The summed E-state index contributed by atoms with van der Waals surface area (Å²) in [5, 5.41) is 0. The predicted molar refractivity (Wildman–Crippen MR) is 92.9 cm³/mol. The molecule has 1 amide bonds. The lowest BCUT2D eigenvalue weighted by Crippen LogP contribution is -2.49. The maximum absolute atomic E-state index is 12.9. The smallest absolute Gasteiger partial charge is 0.255 e. The molecule has 0 unspecified atom stereocenters. The molecule has 2 aliphatic rings. The number of carbonyl (C=O) groups is 1. The lowest BCUT2D eigenvalue weighted by molar-refractivity contribution is 0.0104. The Bertz CT molecular complexity index is 555. The van der Waals surface area contributed by atoms with E-state index >= 15 is 0 Å². The van der Waals surface area contributed by atoms with E-state index < -0.39 is 0 Å². The van der Waals surface area contributed by atoms with Gasteiger partial charge < -0.3 is 14.5 Å². The quantitative estimate of drug-likeness (QED) is 0.826. The van der Waals surface area contributed by atoms with Gasteiger partial charge in [-0.05, 0) is 39.6 Å². The van der Waals surface area contributed by atoms with Crippen molar-refractivity contribution in [1.82, 2.24) is 19.7 Å². The molecular formula is C18H28N4O2. The molecule has 0 radical (unpaired) electrons. The molecule has 3 heterocycles. The number of carbonyl (C=O) groups excluding carboxylic acids is 1. The maximum Gasteiger partial charge on any atom is 0.255 e. The molecule has 0 bridgehead atoms. The molecule has 2 aliphatic heterocycles. The highest BCUT2D eigenvalue weighted by atomic mass is 16.5. The highest BCUT2D eigenvalue weighted by Crippen LogP contribution is 2.25. The van der Waals surface area contributed by atoms with Crippen LogP contribution in [0, 0.1) is 0 Å². The summed E-state index contributed by atoms with van der Waals surface area (Å²) in [4.78, 5) is 23.8. The zero-order valence-corrected chi connectivity index (χ0v) is 14.9. The minimum atomic E-state index is 0.0992. The van der Waals surface area contributed by atoms with Gasteiger partial charge in [0, 0.05) is 44.5 Å². The normalized spacial score (nSPS) is 25.4. The first-order valence-corrected chi connectivity index (χ1v) is 8.78. The van der Waals surface area contributed by atoms with Crippen molar-refractivity contribution in [2.24, 2.45) is 0 Å². The molecule has 0 aliphatic carbocycles. The van der Waals surface area contributed by atoms with E-state index in [-0.39, 0.29) is 11.9 Å².